The number of hydrogen-bond acceptors (Lipinski definition) is 5. The van der Waals surface area contributed by atoms with Gasteiger partial charge in [0.25, 0.3) is 5.78 Å². The molecule has 0 spiro atoms. The van der Waals surface area contributed by atoms with Gasteiger partial charge in [0.1, 0.15) is 0 Å². The van der Waals surface area contributed by atoms with Crippen LogP contribution in [0.2, 0.25) is 0 Å². The highest BCUT2D eigenvalue weighted by atomic mass is 32.1. The van der Waals surface area contributed by atoms with E-state index in [-0.39, 0.29) is 11.6 Å². The number of rotatable bonds is 3. The van der Waals surface area contributed by atoms with Crippen LogP contribution in [0.4, 0.5) is 0 Å². The molecule has 0 aliphatic rings. The molecule has 0 saturated heterocycles. The maximum Gasteiger partial charge on any atom is 0.382 e. The van der Waals surface area contributed by atoms with Gasteiger partial charge in [0.05, 0.1) is 6.61 Å². The lowest BCUT2D eigenvalue weighted by Crippen LogP contribution is -2.17. The second kappa shape index (κ2) is 4.13. The molecule has 0 atom stereocenters. The van der Waals surface area contributed by atoms with Gasteiger partial charge < -0.3 is 4.74 Å². The molecule has 0 aromatic carbocycles. The number of carbonyl (C=O) groups is 2. The van der Waals surface area contributed by atoms with Gasteiger partial charge >= 0.3 is 5.97 Å². The molecule has 1 heterocycles. The molecule has 1 aromatic heterocycles. The molecule has 0 unspecified atom stereocenters. The summed E-state index contributed by atoms with van der Waals surface area (Å²) in [4.78, 5) is 26.9. The SMILES string of the molecule is CCOC(=O)C(=O)c1ncc(C)s1. The van der Waals surface area contributed by atoms with Gasteiger partial charge in [0.15, 0.2) is 5.01 Å². The van der Waals surface area contributed by atoms with Crippen molar-refractivity contribution < 1.29 is 14.3 Å². The monoisotopic (exact) mass is 199 g/mol. The maximum atomic E-state index is 11.2. The van der Waals surface area contributed by atoms with Crippen molar-refractivity contribution in [2.45, 2.75) is 13.8 Å². The molecule has 0 aliphatic carbocycles. The fraction of sp³-hybridized carbons (Fsp3) is 0.375. The third-order valence-corrected chi connectivity index (χ3v) is 2.19. The summed E-state index contributed by atoms with van der Waals surface area (Å²) in [6.45, 7) is 3.67. The molecule has 70 valence electrons. The Hall–Kier alpha value is -1.23. The third-order valence-electron chi connectivity index (χ3n) is 1.28. The van der Waals surface area contributed by atoms with Crippen molar-refractivity contribution in [3.8, 4) is 0 Å². The van der Waals surface area contributed by atoms with Gasteiger partial charge in [0.2, 0.25) is 0 Å². The number of aromatic nitrogens is 1. The zero-order valence-electron chi connectivity index (χ0n) is 7.36. The Morgan fingerprint density at radius 3 is 2.77 bits per heavy atom. The van der Waals surface area contributed by atoms with E-state index in [4.69, 9.17) is 0 Å². The first-order valence-electron chi connectivity index (χ1n) is 3.79. The van der Waals surface area contributed by atoms with Crippen LogP contribution < -0.4 is 0 Å². The van der Waals surface area contributed by atoms with E-state index < -0.39 is 11.8 Å². The van der Waals surface area contributed by atoms with Crippen molar-refractivity contribution in [1.29, 1.82) is 0 Å². The largest absolute Gasteiger partial charge is 0.460 e. The molecule has 0 N–H and O–H groups in total. The molecule has 5 heteroatoms. The highest BCUT2D eigenvalue weighted by molar-refractivity contribution is 7.14. The predicted octanol–water partition coefficient (Wildman–Crippen LogP) is 1.20. The molecular weight excluding hydrogens is 190 g/mol. The number of ketones is 1. The van der Waals surface area contributed by atoms with Crippen molar-refractivity contribution in [2.24, 2.45) is 0 Å². The van der Waals surface area contributed by atoms with Gasteiger partial charge in [0, 0.05) is 11.1 Å². The average Bonchev–Trinajstić information content (AvgIpc) is 2.51. The van der Waals surface area contributed by atoms with Crippen LogP contribution in [0.5, 0.6) is 0 Å². The molecule has 13 heavy (non-hydrogen) atoms. The number of esters is 1. The third kappa shape index (κ3) is 2.35. The van der Waals surface area contributed by atoms with Gasteiger partial charge in [-0.1, -0.05) is 0 Å². The van der Waals surface area contributed by atoms with Crippen LogP contribution in [0.1, 0.15) is 21.6 Å². The lowest BCUT2D eigenvalue weighted by atomic mass is 10.4. The molecule has 4 nitrogen and oxygen atoms in total. The van der Waals surface area contributed by atoms with E-state index >= 15 is 0 Å². The molecule has 0 amide bonds. The minimum Gasteiger partial charge on any atom is -0.460 e. The standard InChI is InChI=1S/C8H9NO3S/c1-3-12-8(11)6(10)7-9-4-5(2)13-7/h4H,3H2,1-2H3. The summed E-state index contributed by atoms with van der Waals surface area (Å²) in [6.07, 6.45) is 1.55. The summed E-state index contributed by atoms with van der Waals surface area (Å²) in [5, 5.41) is 0.191. The van der Waals surface area contributed by atoms with E-state index in [9.17, 15) is 9.59 Å². The number of hydrogen-bond donors (Lipinski definition) is 0. The normalized spacial score (nSPS) is 9.69. The number of aryl methyl sites for hydroxylation is 1. The number of nitrogens with zero attached hydrogens (tertiary/aromatic N) is 1. The first-order chi connectivity index (χ1) is 6.15. The Bertz CT molecular complexity index is 332. The minimum absolute atomic E-state index is 0.191. The van der Waals surface area contributed by atoms with Crippen LogP contribution in [-0.2, 0) is 9.53 Å². The molecule has 0 bridgehead atoms. The summed E-state index contributed by atoms with van der Waals surface area (Å²) in [7, 11) is 0. The van der Waals surface area contributed by atoms with Gasteiger partial charge in [-0.15, -0.1) is 11.3 Å². The van der Waals surface area contributed by atoms with Crippen molar-refractivity contribution in [3.05, 3.63) is 16.1 Å². The summed E-state index contributed by atoms with van der Waals surface area (Å²) in [5.74, 6) is -1.50. The van der Waals surface area contributed by atoms with Crippen molar-refractivity contribution in [3.63, 3.8) is 0 Å². The summed E-state index contributed by atoms with van der Waals surface area (Å²) >= 11 is 1.19. The smallest absolute Gasteiger partial charge is 0.382 e. The topological polar surface area (TPSA) is 56.3 Å². The Morgan fingerprint density at radius 1 is 1.62 bits per heavy atom. The van der Waals surface area contributed by atoms with E-state index in [0.29, 0.717) is 0 Å². The molecule has 0 radical (unpaired) electrons. The predicted molar refractivity (Wildman–Crippen MR) is 47.8 cm³/mol. The van der Waals surface area contributed by atoms with Crippen LogP contribution in [0, 0.1) is 6.92 Å². The Kier molecular flexibility index (Phi) is 3.13. The Labute approximate surface area is 79.6 Å². The Balaban J connectivity index is 2.73. The van der Waals surface area contributed by atoms with Crippen LogP contribution >= 0.6 is 11.3 Å². The Morgan fingerprint density at radius 2 is 2.31 bits per heavy atom. The van der Waals surface area contributed by atoms with Crippen molar-refractivity contribution >= 4 is 23.1 Å². The number of ether oxygens (including phenoxy) is 1. The van der Waals surface area contributed by atoms with Gasteiger partial charge in [-0.3, -0.25) is 4.79 Å². The van der Waals surface area contributed by atoms with Gasteiger partial charge in [-0.2, -0.15) is 0 Å². The fourth-order valence-corrected chi connectivity index (χ4v) is 1.44. The fourth-order valence-electron chi connectivity index (χ4n) is 0.744. The second-order valence-corrected chi connectivity index (χ2v) is 3.56. The van der Waals surface area contributed by atoms with Crippen LogP contribution in [-0.4, -0.2) is 23.3 Å². The van der Waals surface area contributed by atoms with Crippen LogP contribution in [0.25, 0.3) is 0 Å². The average molecular weight is 199 g/mol. The van der Waals surface area contributed by atoms with E-state index in [1.54, 1.807) is 13.1 Å². The van der Waals surface area contributed by atoms with E-state index in [2.05, 4.69) is 9.72 Å². The summed E-state index contributed by atoms with van der Waals surface area (Å²) in [6, 6.07) is 0. The molecular formula is C8H9NO3S. The second-order valence-electron chi connectivity index (χ2n) is 2.33. The number of thiazole rings is 1. The number of carbonyl (C=O) groups excluding carboxylic acids is 2. The number of Topliss-reactive ketones (excluding diaryl/α,β-unsaturated/α-hetero) is 1. The summed E-state index contributed by atoms with van der Waals surface area (Å²) in [5.41, 5.74) is 0. The first-order valence-corrected chi connectivity index (χ1v) is 4.60. The highest BCUT2D eigenvalue weighted by Crippen LogP contribution is 2.12. The maximum absolute atomic E-state index is 11.2. The molecule has 1 rings (SSSR count). The molecule has 1 aromatic rings. The molecule has 0 saturated carbocycles. The van der Waals surface area contributed by atoms with Crippen LogP contribution in [0.3, 0.4) is 0 Å². The lowest BCUT2D eigenvalue weighted by molar-refractivity contribution is -0.137. The lowest BCUT2D eigenvalue weighted by Gasteiger charge is -1.96. The van der Waals surface area contributed by atoms with E-state index in [1.165, 1.54) is 11.3 Å². The molecule has 0 aliphatic heterocycles. The van der Waals surface area contributed by atoms with Crippen molar-refractivity contribution in [2.75, 3.05) is 6.61 Å². The highest BCUT2D eigenvalue weighted by Gasteiger charge is 2.20. The van der Waals surface area contributed by atoms with Gasteiger partial charge in [-0.05, 0) is 13.8 Å². The minimum atomic E-state index is -0.836. The van der Waals surface area contributed by atoms with Crippen LogP contribution in [0.15, 0.2) is 6.20 Å². The first kappa shape index (κ1) is 9.85. The van der Waals surface area contributed by atoms with E-state index in [0.717, 1.165) is 4.88 Å². The zero-order chi connectivity index (χ0) is 9.84. The quantitative estimate of drug-likeness (QED) is 0.417. The molecule has 0 fully saturated rings. The summed E-state index contributed by atoms with van der Waals surface area (Å²) < 4.78 is 4.55. The zero-order valence-corrected chi connectivity index (χ0v) is 8.18. The van der Waals surface area contributed by atoms with E-state index in [1.807, 2.05) is 6.92 Å². The van der Waals surface area contributed by atoms with Crippen molar-refractivity contribution in [1.82, 2.24) is 4.98 Å². The van der Waals surface area contributed by atoms with Gasteiger partial charge in [-0.25, -0.2) is 9.78 Å².